The molecule has 0 aliphatic heterocycles. The lowest BCUT2D eigenvalue weighted by atomic mass is 10.0. The van der Waals surface area contributed by atoms with Gasteiger partial charge < -0.3 is 14.8 Å². The normalized spacial score (nSPS) is 11.2. The van der Waals surface area contributed by atoms with Gasteiger partial charge in [-0.25, -0.2) is 0 Å². The molecule has 0 bridgehead atoms. The molecular formula is C23H25N5O3S. The number of amides is 1. The third-order valence-corrected chi connectivity index (χ3v) is 5.96. The van der Waals surface area contributed by atoms with Gasteiger partial charge >= 0.3 is 0 Å². The van der Waals surface area contributed by atoms with Crippen molar-refractivity contribution in [3.8, 4) is 22.1 Å². The smallest absolute Gasteiger partial charge is 0.262 e. The minimum atomic E-state index is -0.278. The summed E-state index contributed by atoms with van der Waals surface area (Å²) in [5.41, 5.74) is 2.62. The number of benzene rings is 2. The van der Waals surface area contributed by atoms with E-state index in [0.29, 0.717) is 23.1 Å². The molecule has 0 aliphatic rings. The molecule has 8 nitrogen and oxygen atoms in total. The number of nitrogens with one attached hydrogen (secondary N) is 1. The molecule has 2 aromatic heterocycles. The Balaban J connectivity index is 1.48. The van der Waals surface area contributed by atoms with Gasteiger partial charge in [-0.15, -0.1) is 10.2 Å². The Morgan fingerprint density at radius 2 is 1.94 bits per heavy atom. The molecule has 2 heterocycles. The Hall–Kier alpha value is -3.46. The van der Waals surface area contributed by atoms with Crippen molar-refractivity contribution < 1.29 is 14.3 Å². The molecule has 166 valence electrons. The second-order valence-corrected chi connectivity index (χ2v) is 8.50. The number of carbonyl (C=O) groups is 1. The summed E-state index contributed by atoms with van der Waals surface area (Å²) in [6.45, 7) is 6.17. The summed E-state index contributed by atoms with van der Waals surface area (Å²) in [5.74, 6) is 2.18. The van der Waals surface area contributed by atoms with Crippen molar-refractivity contribution in [2.45, 2.75) is 33.1 Å². The third kappa shape index (κ3) is 4.57. The van der Waals surface area contributed by atoms with E-state index < -0.39 is 0 Å². The summed E-state index contributed by atoms with van der Waals surface area (Å²) in [6, 6.07) is 13.3. The van der Waals surface area contributed by atoms with Crippen LogP contribution in [0.1, 0.15) is 38.1 Å². The average molecular weight is 452 g/mol. The molecule has 9 heteroatoms. The predicted octanol–water partition coefficient (Wildman–Crippen LogP) is 4.56. The van der Waals surface area contributed by atoms with Crippen molar-refractivity contribution in [3.63, 3.8) is 0 Å². The summed E-state index contributed by atoms with van der Waals surface area (Å²) in [4.78, 5) is 13.3. The molecular weight excluding hydrogens is 426 g/mol. The van der Waals surface area contributed by atoms with E-state index in [4.69, 9.17) is 9.47 Å². The summed E-state index contributed by atoms with van der Waals surface area (Å²) in [7, 11) is 1.56. The monoisotopic (exact) mass is 451 g/mol. The largest absolute Gasteiger partial charge is 0.495 e. The van der Waals surface area contributed by atoms with Gasteiger partial charge in [0.1, 0.15) is 16.5 Å². The zero-order chi connectivity index (χ0) is 22.7. The molecule has 4 rings (SSSR count). The van der Waals surface area contributed by atoms with E-state index in [1.54, 1.807) is 17.7 Å². The SMILES string of the molecule is CCc1nnc2sc(-c3ccc(OC)c(NC(=O)COc4ccc(C(C)C)cc4)c3)nn12. The molecule has 0 saturated heterocycles. The second-order valence-electron chi connectivity index (χ2n) is 7.55. The van der Waals surface area contributed by atoms with Gasteiger partial charge in [0.2, 0.25) is 4.96 Å². The molecule has 0 unspecified atom stereocenters. The quantitative estimate of drug-likeness (QED) is 0.422. The summed E-state index contributed by atoms with van der Waals surface area (Å²) in [6.07, 6.45) is 0.745. The first-order valence-corrected chi connectivity index (χ1v) is 11.2. The highest BCUT2D eigenvalue weighted by Crippen LogP contribution is 2.33. The number of rotatable bonds is 8. The highest BCUT2D eigenvalue weighted by atomic mass is 32.1. The van der Waals surface area contributed by atoms with Crippen LogP contribution >= 0.6 is 11.3 Å². The number of nitrogens with zero attached hydrogens (tertiary/aromatic N) is 4. The minimum Gasteiger partial charge on any atom is -0.495 e. The van der Waals surface area contributed by atoms with E-state index in [1.807, 2.05) is 43.3 Å². The van der Waals surface area contributed by atoms with Crippen molar-refractivity contribution in [2.75, 3.05) is 19.0 Å². The number of aromatic nitrogens is 4. The number of carbonyl (C=O) groups excluding carboxylic acids is 1. The summed E-state index contributed by atoms with van der Waals surface area (Å²) in [5, 5.41) is 16.6. The molecule has 4 aromatic rings. The van der Waals surface area contributed by atoms with Crippen molar-refractivity contribution in [1.29, 1.82) is 0 Å². The first kappa shape index (κ1) is 21.8. The highest BCUT2D eigenvalue weighted by Gasteiger charge is 2.15. The van der Waals surface area contributed by atoms with Crippen LogP contribution in [0.15, 0.2) is 42.5 Å². The summed E-state index contributed by atoms with van der Waals surface area (Å²) >= 11 is 1.44. The van der Waals surface area contributed by atoms with E-state index in [1.165, 1.54) is 16.9 Å². The van der Waals surface area contributed by atoms with E-state index in [2.05, 4.69) is 34.5 Å². The van der Waals surface area contributed by atoms with Gasteiger partial charge in [-0.3, -0.25) is 4.79 Å². The van der Waals surface area contributed by atoms with Gasteiger partial charge in [-0.2, -0.15) is 9.61 Å². The van der Waals surface area contributed by atoms with Crippen LogP contribution in [-0.4, -0.2) is 39.4 Å². The fourth-order valence-electron chi connectivity index (χ4n) is 3.22. The maximum atomic E-state index is 12.5. The highest BCUT2D eigenvalue weighted by molar-refractivity contribution is 7.19. The van der Waals surface area contributed by atoms with Gasteiger partial charge in [-0.05, 0) is 41.8 Å². The van der Waals surface area contributed by atoms with Gasteiger partial charge in [0.25, 0.3) is 5.91 Å². The Bertz CT molecular complexity index is 1230. The zero-order valence-electron chi connectivity index (χ0n) is 18.5. The van der Waals surface area contributed by atoms with Crippen molar-refractivity contribution in [1.82, 2.24) is 19.8 Å². The predicted molar refractivity (Wildman–Crippen MR) is 125 cm³/mol. The number of hydrogen-bond acceptors (Lipinski definition) is 7. The lowest BCUT2D eigenvalue weighted by Crippen LogP contribution is -2.20. The maximum Gasteiger partial charge on any atom is 0.262 e. The third-order valence-electron chi connectivity index (χ3n) is 5.01. The number of anilines is 1. The van der Waals surface area contributed by atoms with Crippen LogP contribution in [0.4, 0.5) is 5.69 Å². The van der Waals surface area contributed by atoms with E-state index >= 15 is 0 Å². The fraction of sp³-hybridized carbons (Fsp3) is 0.304. The second kappa shape index (κ2) is 9.35. The molecule has 0 fully saturated rings. The van der Waals surface area contributed by atoms with E-state index in [9.17, 15) is 4.79 Å². The molecule has 0 aliphatic carbocycles. The maximum absolute atomic E-state index is 12.5. The van der Waals surface area contributed by atoms with Gasteiger partial charge in [0, 0.05) is 12.0 Å². The molecule has 0 atom stereocenters. The van der Waals surface area contributed by atoms with Crippen LogP contribution in [0.3, 0.4) is 0 Å². The number of methoxy groups -OCH3 is 1. The van der Waals surface area contributed by atoms with Crippen molar-refractivity contribution in [2.24, 2.45) is 0 Å². The van der Waals surface area contributed by atoms with E-state index in [0.717, 1.165) is 27.8 Å². The van der Waals surface area contributed by atoms with E-state index in [-0.39, 0.29) is 12.5 Å². The zero-order valence-corrected chi connectivity index (χ0v) is 19.3. The molecule has 32 heavy (non-hydrogen) atoms. The van der Waals surface area contributed by atoms with Gasteiger partial charge in [-0.1, -0.05) is 44.2 Å². The molecule has 1 N–H and O–H groups in total. The van der Waals surface area contributed by atoms with Gasteiger partial charge in [0.15, 0.2) is 12.4 Å². The Morgan fingerprint density at radius 3 is 2.62 bits per heavy atom. The average Bonchev–Trinajstić information content (AvgIpc) is 3.38. The van der Waals surface area contributed by atoms with Crippen LogP contribution in [0.25, 0.3) is 15.5 Å². The van der Waals surface area contributed by atoms with Crippen LogP contribution in [0, 0.1) is 0 Å². The lowest BCUT2D eigenvalue weighted by Gasteiger charge is -2.12. The first-order valence-electron chi connectivity index (χ1n) is 10.4. The molecule has 1 amide bonds. The molecule has 0 spiro atoms. The number of aryl methyl sites for hydroxylation is 1. The van der Waals surface area contributed by atoms with Gasteiger partial charge in [0.05, 0.1) is 12.8 Å². The first-order chi connectivity index (χ1) is 15.5. The van der Waals surface area contributed by atoms with Crippen molar-refractivity contribution >= 4 is 27.9 Å². The number of hydrogen-bond donors (Lipinski definition) is 1. The van der Waals surface area contributed by atoms with Crippen LogP contribution in [-0.2, 0) is 11.2 Å². The minimum absolute atomic E-state index is 0.106. The topological polar surface area (TPSA) is 90.6 Å². The number of ether oxygens (including phenoxy) is 2. The Morgan fingerprint density at radius 1 is 1.16 bits per heavy atom. The van der Waals surface area contributed by atoms with Crippen LogP contribution in [0.5, 0.6) is 11.5 Å². The number of fused-ring (bicyclic) bond motifs is 1. The summed E-state index contributed by atoms with van der Waals surface area (Å²) < 4.78 is 12.8. The van der Waals surface area contributed by atoms with Crippen LogP contribution in [0.2, 0.25) is 0 Å². The Kier molecular flexibility index (Phi) is 6.36. The van der Waals surface area contributed by atoms with Crippen LogP contribution < -0.4 is 14.8 Å². The molecule has 0 saturated carbocycles. The lowest BCUT2D eigenvalue weighted by molar-refractivity contribution is -0.118. The molecule has 0 radical (unpaired) electrons. The standard InChI is InChI=1S/C23H25N5O3S/c1-5-20-25-26-23-28(20)27-22(32-23)16-8-11-19(30-4)18(12-16)24-21(29)13-31-17-9-6-15(7-10-17)14(2)3/h6-12,14H,5,13H2,1-4H3,(H,24,29). The van der Waals surface area contributed by atoms with Crippen molar-refractivity contribution in [3.05, 3.63) is 53.9 Å². The molecule has 2 aromatic carbocycles. The Labute approximate surface area is 190 Å². The fourth-order valence-corrected chi connectivity index (χ4v) is 4.07.